The average Bonchev–Trinajstić information content (AvgIpc) is 3.15. The topological polar surface area (TPSA) is 77.5 Å². The molecule has 7 heteroatoms. The highest BCUT2D eigenvalue weighted by molar-refractivity contribution is 5.74. The summed E-state index contributed by atoms with van der Waals surface area (Å²) in [6, 6.07) is 4.07. The first-order valence-electron chi connectivity index (χ1n) is 11.3. The van der Waals surface area contributed by atoms with Gasteiger partial charge >= 0.3 is 5.97 Å². The van der Waals surface area contributed by atoms with Gasteiger partial charge in [-0.05, 0) is 62.1 Å². The number of nitrogens with zero attached hydrogens (tertiary/aromatic N) is 1. The fourth-order valence-electron chi connectivity index (χ4n) is 4.42. The number of methoxy groups -OCH3 is 1. The van der Waals surface area contributed by atoms with Gasteiger partial charge in [-0.25, -0.2) is 4.79 Å². The van der Waals surface area contributed by atoms with Gasteiger partial charge in [0.1, 0.15) is 5.76 Å². The van der Waals surface area contributed by atoms with Crippen LogP contribution in [0.4, 0.5) is 0 Å². The summed E-state index contributed by atoms with van der Waals surface area (Å²) in [5, 5.41) is 10.2. The SMILES string of the molecule is C/C=C(/OC)C(OC(=O)C(O)CCC)C1CN(CCC)CCc2cc3c(cc21)OCO3. The molecule has 1 N–H and O–H groups in total. The Morgan fingerprint density at radius 2 is 2.03 bits per heavy atom. The molecule has 0 saturated carbocycles. The van der Waals surface area contributed by atoms with Gasteiger partial charge in [-0.15, -0.1) is 0 Å². The molecule has 0 radical (unpaired) electrons. The second-order valence-corrected chi connectivity index (χ2v) is 8.12. The fourth-order valence-corrected chi connectivity index (χ4v) is 4.42. The molecule has 31 heavy (non-hydrogen) atoms. The zero-order valence-electron chi connectivity index (χ0n) is 19.1. The van der Waals surface area contributed by atoms with Gasteiger partial charge in [0, 0.05) is 19.0 Å². The van der Waals surface area contributed by atoms with Crippen molar-refractivity contribution in [1.82, 2.24) is 4.90 Å². The number of benzene rings is 1. The number of carbonyl (C=O) groups is 1. The van der Waals surface area contributed by atoms with Crippen molar-refractivity contribution in [3.63, 3.8) is 0 Å². The van der Waals surface area contributed by atoms with Crippen LogP contribution in [-0.2, 0) is 20.7 Å². The number of hydrogen-bond donors (Lipinski definition) is 1. The number of hydrogen-bond acceptors (Lipinski definition) is 7. The molecular formula is C24H35NO6. The molecule has 0 amide bonds. The lowest BCUT2D eigenvalue weighted by molar-refractivity contribution is -0.160. The normalized spacial score (nSPS) is 20.5. The molecule has 3 unspecified atom stereocenters. The maximum atomic E-state index is 12.7. The summed E-state index contributed by atoms with van der Waals surface area (Å²) in [6.07, 6.45) is 3.01. The molecule has 0 saturated heterocycles. The molecule has 2 aliphatic heterocycles. The Balaban J connectivity index is 2.02. The first kappa shape index (κ1) is 23.4. The smallest absolute Gasteiger partial charge is 0.335 e. The molecule has 7 nitrogen and oxygen atoms in total. The molecule has 3 atom stereocenters. The van der Waals surface area contributed by atoms with Crippen molar-refractivity contribution in [2.24, 2.45) is 0 Å². The molecule has 0 aromatic heterocycles. The van der Waals surface area contributed by atoms with E-state index in [0.29, 0.717) is 30.9 Å². The van der Waals surface area contributed by atoms with Crippen LogP contribution in [-0.4, -0.2) is 61.7 Å². The summed E-state index contributed by atoms with van der Waals surface area (Å²) in [6.45, 7) is 8.74. The van der Waals surface area contributed by atoms with Gasteiger partial charge in [0.25, 0.3) is 0 Å². The van der Waals surface area contributed by atoms with E-state index in [4.69, 9.17) is 18.9 Å². The Labute approximate surface area is 184 Å². The Hall–Kier alpha value is -2.25. The van der Waals surface area contributed by atoms with Crippen LogP contribution < -0.4 is 9.47 Å². The van der Waals surface area contributed by atoms with Gasteiger partial charge in [0.05, 0.1) is 7.11 Å². The van der Waals surface area contributed by atoms with Crippen molar-refractivity contribution in [3.05, 3.63) is 35.1 Å². The number of aliphatic hydroxyl groups is 1. The molecule has 0 spiro atoms. The summed E-state index contributed by atoms with van der Waals surface area (Å²) < 4.78 is 22.8. The van der Waals surface area contributed by atoms with E-state index in [0.717, 1.165) is 42.8 Å². The van der Waals surface area contributed by atoms with E-state index >= 15 is 0 Å². The number of aliphatic hydroxyl groups excluding tert-OH is 1. The molecule has 3 rings (SSSR count). The van der Waals surface area contributed by atoms with Crippen LogP contribution in [0.3, 0.4) is 0 Å². The number of carbonyl (C=O) groups excluding carboxylic acids is 1. The minimum atomic E-state index is -1.14. The van der Waals surface area contributed by atoms with Crippen LogP contribution in [0.1, 0.15) is 57.1 Å². The highest BCUT2D eigenvalue weighted by atomic mass is 16.7. The van der Waals surface area contributed by atoms with Crippen molar-refractivity contribution in [2.75, 3.05) is 33.5 Å². The lowest BCUT2D eigenvalue weighted by Gasteiger charge is -2.32. The molecule has 0 bridgehead atoms. The van der Waals surface area contributed by atoms with E-state index in [1.54, 1.807) is 7.11 Å². The molecule has 1 aromatic carbocycles. The molecule has 0 aliphatic carbocycles. The zero-order chi connectivity index (χ0) is 22.4. The minimum Gasteiger partial charge on any atom is -0.497 e. The molecule has 2 heterocycles. The van der Waals surface area contributed by atoms with Crippen LogP contribution in [0, 0.1) is 0 Å². The maximum absolute atomic E-state index is 12.7. The molecular weight excluding hydrogens is 398 g/mol. The van der Waals surface area contributed by atoms with Crippen LogP contribution in [0.5, 0.6) is 11.5 Å². The highest BCUT2D eigenvalue weighted by Crippen LogP contribution is 2.41. The third kappa shape index (κ3) is 5.33. The van der Waals surface area contributed by atoms with Crippen molar-refractivity contribution < 1.29 is 28.8 Å². The molecule has 1 aromatic rings. The van der Waals surface area contributed by atoms with E-state index in [1.807, 2.05) is 32.1 Å². The van der Waals surface area contributed by atoms with Crippen LogP contribution in [0.25, 0.3) is 0 Å². The Bertz CT molecular complexity index is 793. The quantitative estimate of drug-likeness (QED) is 0.472. The zero-order valence-corrected chi connectivity index (χ0v) is 19.1. The minimum absolute atomic E-state index is 0.164. The first-order valence-corrected chi connectivity index (χ1v) is 11.3. The van der Waals surface area contributed by atoms with Gasteiger partial charge in [0.15, 0.2) is 23.7 Å². The van der Waals surface area contributed by atoms with Gasteiger partial charge in [0.2, 0.25) is 6.79 Å². The lowest BCUT2D eigenvalue weighted by atomic mass is 9.87. The number of allylic oxidation sites excluding steroid dienone is 1. The highest BCUT2D eigenvalue weighted by Gasteiger charge is 2.37. The summed E-state index contributed by atoms with van der Waals surface area (Å²) in [7, 11) is 1.58. The Morgan fingerprint density at radius 1 is 1.29 bits per heavy atom. The predicted molar refractivity (Wildman–Crippen MR) is 117 cm³/mol. The largest absolute Gasteiger partial charge is 0.497 e. The maximum Gasteiger partial charge on any atom is 0.335 e. The third-order valence-electron chi connectivity index (χ3n) is 5.97. The predicted octanol–water partition coefficient (Wildman–Crippen LogP) is 3.39. The van der Waals surface area contributed by atoms with Gasteiger partial charge in [-0.1, -0.05) is 20.3 Å². The summed E-state index contributed by atoms with van der Waals surface area (Å²) in [5.74, 6) is 1.26. The van der Waals surface area contributed by atoms with Crippen molar-refractivity contribution in [3.8, 4) is 11.5 Å². The number of rotatable bonds is 9. The Kier molecular flexibility index (Phi) is 8.21. The van der Waals surface area contributed by atoms with Crippen molar-refractivity contribution >= 4 is 5.97 Å². The number of fused-ring (bicyclic) bond motifs is 2. The lowest BCUT2D eigenvalue weighted by Crippen LogP contribution is -2.38. The van der Waals surface area contributed by atoms with E-state index in [9.17, 15) is 9.90 Å². The summed E-state index contributed by atoms with van der Waals surface area (Å²) in [4.78, 5) is 15.1. The molecule has 0 fully saturated rings. The Morgan fingerprint density at radius 3 is 2.68 bits per heavy atom. The van der Waals surface area contributed by atoms with Crippen molar-refractivity contribution in [2.45, 2.75) is 64.6 Å². The monoisotopic (exact) mass is 433 g/mol. The molecule has 2 aliphatic rings. The van der Waals surface area contributed by atoms with E-state index in [-0.39, 0.29) is 12.7 Å². The van der Waals surface area contributed by atoms with Crippen LogP contribution in [0.15, 0.2) is 24.0 Å². The second-order valence-electron chi connectivity index (χ2n) is 8.12. The van der Waals surface area contributed by atoms with Gasteiger partial charge in [-0.2, -0.15) is 0 Å². The molecule has 172 valence electrons. The van der Waals surface area contributed by atoms with E-state index < -0.39 is 18.2 Å². The second kappa shape index (κ2) is 10.9. The van der Waals surface area contributed by atoms with Crippen molar-refractivity contribution in [1.29, 1.82) is 0 Å². The number of ether oxygens (including phenoxy) is 4. The average molecular weight is 434 g/mol. The van der Waals surface area contributed by atoms with E-state index in [1.165, 1.54) is 0 Å². The fraction of sp³-hybridized carbons (Fsp3) is 0.625. The van der Waals surface area contributed by atoms with E-state index in [2.05, 4.69) is 11.8 Å². The summed E-state index contributed by atoms with van der Waals surface area (Å²) >= 11 is 0. The first-order chi connectivity index (χ1) is 15.0. The van der Waals surface area contributed by atoms with Crippen LogP contribution >= 0.6 is 0 Å². The van der Waals surface area contributed by atoms with Crippen LogP contribution in [0.2, 0.25) is 0 Å². The standard InChI is InChI=1S/C24H35NO6/c1-5-8-19(26)24(27)31-23(20(7-3)28-4)18-14-25(10-6-2)11-9-16-12-21-22(13-17(16)18)30-15-29-21/h7,12-13,18-19,23,26H,5-6,8-11,14-15H2,1-4H3/b20-7+. The number of esters is 1. The van der Waals surface area contributed by atoms with Gasteiger partial charge in [-0.3, -0.25) is 0 Å². The van der Waals surface area contributed by atoms with Gasteiger partial charge < -0.3 is 29.0 Å². The third-order valence-corrected chi connectivity index (χ3v) is 5.97. The summed E-state index contributed by atoms with van der Waals surface area (Å²) in [5.41, 5.74) is 2.23.